The van der Waals surface area contributed by atoms with Crippen molar-refractivity contribution in [1.82, 2.24) is 0 Å². The quantitative estimate of drug-likeness (QED) is 0.194. The van der Waals surface area contributed by atoms with Crippen LogP contribution in [0.15, 0.2) is 12.2 Å². The van der Waals surface area contributed by atoms with E-state index in [1.54, 1.807) is 0 Å². The van der Waals surface area contributed by atoms with Crippen LogP contribution >= 0.6 is 0 Å². The highest BCUT2D eigenvalue weighted by Gasteiger charge is 1.97. The summed E-state index contributed by atoms with van der Waals surface area (Å²) in [4.78, 5) is 10.4. The average Bonchev–Trinajstić information content (AvgIpc) is 2.56. The number of allylic oxidation sites excluding steroid dienone is 2. The zero-order chi connectivity index (χ0) is 17.7. The molecule has 0 rings (SSSR count). The molecule has 1 N–H and O–H groups in total. The van der Waals surface area contributed by atoms with E-state index in [4.69, 9.17) is 5.11 Å². The van der Waals surface area contributed by atoms with Crippen molar-refractivity contribution in [3.63, 3.8) is 0 Å². The minimum Gasteiger partial charge on any atom is -0.481 e. The van der Waals surface area contributed by atoms with Crippen molar-refractivity contribution >= 4 is 5.97 Å². The Bertz CT molecular complexity index is 284. The standard InChI is InChI=1S/C22H42O2/c1-2-3-4-5-6-7-8-9-10-11-12-13-14-15-16-17-18-19-20-21-22(23)24/h4-5H,2-3,6-21H2,1H3,(H,23,24)/b5-4+. The Morgan fingerprint density at radius 3 is 1.42 bits per heavy atom. The monoisotopic (exact) mass is 338 g/mol. The van der Waals surface area contributed by atoms with Gasteiger partial charge in [-0.25, -0.2) is 0 Å². The third-order valence-electron chi connectivity index (χ3n) is 4.63. The van der Waals surface area contributed by atoms with E-state index < -0.39 is 5.97 Å². The van der Waals surface area contributed by atoms with Crippen LogP contribution in [0.2, 0.25) is 0 Å². The number of aliphatic carboxylic acids is 1. The lowest BCUT2D eigenvalue weighted by Crippen LogP contribution is -1.93. The van der Waals surface area contributed by atoms with Gasteiger partial charge in [0, 0.05) is 6.42 Å². The molecule has 0 aromatic carbocycles. The van der Waals surface area contributed by atoms with E-state index in [1.807, 2.05) is 0 Å². The van der Waals surface area contributed by atoms with Crippen molar-refractivity contribution in [2.75, 3.05) is 0 Å². The normalized spacial score (nSPS) is 11.4. The van der Waals surface area contributed by atoms with E-state index in [0.29, 0.717) is 6.42 Å². The van der Waals surface area contributed by atoms with Crippen LogP contribution < -0.4 is 0 Å². The number of unbranched alkanes of at least 4 members (excludes halogenated alkanes) is 15. The fourth-order valence-corrected chi connectivity index (χ4v) is 3.06. The van der Waals surface area contributed by atoms with Gasteiger partial charge in [0.05, 0.1) is 0 Å². The second-order valence-electron chi connectivity index (χ2n) is 7.14. The summed E-state index contributed by atoms with van der Waals surface area (Å²) < 4.78 is 0. The van der Waals surface area contributed by atoms with E-state index in [1.165, 1.54) is 96.3 Å². The first-order valence-electron chi connectivity index (χ1n) is 10.6. The van der Waals surface area contributed by atoms with Crippen molar-refractivity contribution < 1.29 is 9.90 Å². The molecule has 0 fully saturated rings. The molecule has 24 heavy (non-hydrogen) atoms. The molecule has 142 valence electrons. The molecule has 0 aliphatic heterocycles. The summed E-state index contributed by atoms with van der Waals surface area (Å²) in [5.74, 6) is -0.654. The Balaban J connectivity index is 3.01. The minimum absolute atomic E-state index is 0.343. The largest absolute Gasteiger partial charge is 0.481 e. The molecule has 2 heteroatoms. The Hall–Kier alpha value is -0.790. The molecule has 0 saturated heterocycles. The topological polar surface area (TPSA) is 37.3 Å². The van der Waals surface area contributed by atoms with E-state index in [2.05, 4.69) is 19.1 Å². The summed E-state index contributed by atoms with van der Waals surface area (Å²) in [6.07, 6.45) is 27.2. The van der Waals surface area contributed by atoms with Crippen LogP contribution in [0.3, 0.4) is 0 Å². The number of carboxylic acids is 1. The summed E-state index contributed by atoms with van der Waals surface area (Å²) >= 11 is 0. The number of carbonyl (C=O) groups is 1. The lowest BCUT2D eigenvalue weighted by atomic mass is 10.0. The van der Waals surface area contributed by atoms with E-state index in [-0.39, 0.29) is 0 Å². The van der Waals surface area contributed by atoms with E-state index in [9.17, 15) is 4.79 Å². The van der Waals surface area contributed by atoms with Crippen molar-refractivity contribution in [3.05, 3.63) is 12.2 Å². The lowest BCUT2D eigenvalue weighted by molar-refractivity contribution is -0.137. The maximum absolute atomic E-state index is 10.4. The second-order valence-corrected chi connectivity index (χ2v) is 7.14. The van der Waals surface area contributed by atoms with Gasteiger partial charge in [0.25, 0.3) is 0 Å². The SMILES string of the molecule is CCC/C=C/CCCCCCCCCCCCCCCCC(=O)O. The van der Waals surface area contributed by atoms with Crippen LogP contribution in [0.4, 0.5) is 0 Å². The van der Waals surface area contributed by atoms with Gasteiger partial charge < -0.3 is 5.11 Å². The van der Waals surface area contributed by atoms with Gasteiger partial charge >= 0.3 is 5.97 Å². The predicted octanol–water partition coefficient (Wildman–Crippen LogP) is 7.67. The molecule has 0 aliphatic rings. The van der Waals surface area contributed by atoms with Gasteiger partial charge in [-0.2, -0.15) is 0 Å². The molecule has 2 nitrogen and oxygen atoms in total. The molecule has 0 bridgehead atoms. The molecule has 0 atom stereocenters. The maximum atomic E-state index is 10.4. The molecule has 0 heterocycles. The molecular formula is C22H42O2. The molecule has 0 aromatic rings. The smallest absolute Gasteiger partial charge is 0.303 e. The van der Waals surface area contributed by atoms with Crippen molar-refractivity contribution in [2.24, 2.45) is 0 Å². The van der Waals surface area contributed by atoms with E-state index >= 15 is 0 Å². The van der Waals surface area contributed by atoms with E-state index in [0.717, 1.165) is 12.8 Å². The van der Waals surface area contributed by atoms with Crippen LogP contribution in [0, 0.1) is 0 Å². The van der Waals surface area contributed by atoms with Crippen LogP contribution in [0.1, 0.15) is 122 Å². The Kier molecular flexibility index (Phi) is 19.6. The fraction of sp³-hybridized carbons (Fsp3) is 0.864. The zero-order valence-corrected chi connectivity index (χ0v) is 16.2. The molecule has 0 aromatic heterocycles. The van der Waals surface area contributed by atoms with Gasteiger partial charge in [-0.1, -0.05) is 103 Å². The molecule has 0 unspecified atom stereocenters. The average molecular weight is 339 g/mol. The number of hydrogen-bond acceptors (Lipinski definition) is 1. The van der Waals surface area contributed by atoms with Crippen LogP contribution in [-0.2, 0) is 4.79 Å². The van der Waals surface area contributed by atoms with Crippen LogP contribution in [0.5, 0.6) is 0 Å². The summed E-state index contributed by atoms with van der Waals surface area (Å²) in [5, 5.41) is 8.55. The van der Waals surface area contributed by atoms with Crippen molar-refractivity contribution in [1.29, 1.82) is 0 Å². The van der Waals surface area contributed by atoms with Gasteiger partial charge in [0.15, 0.2) is 0 Å². The molecule has 0 aliphatic carbocycles. The molecular weight excluding hydrogens is 296 g/mol. The third kappa shape index (κ3) is 21.2. The highest BCUT2D eigenvalue weighted by Crippen LogP contribution is 2.13. The third-order valence-corrected chi connectivity index (χ3v) is 4.63. The summed E-state index contributed by atoms with van der Waals surface area (Å²) in [7, 11) is 0. The summed E-state index contributed by atoms with van der Waals surface area (Å²) in [5.41, 5.74) is 0. The van der Waals surface area contributed by atoms with Gasteiger partial charge in [-0.05, 0) is 25.7 Å². The number of hydrogen-bond donors (Lipinski definition) is 1. The summed E-state index contributed by atoms with van der Waals surface area (Å²) in [6, 6.07) is 0. The van der Waals surface area contributed by atoms with Gasteiger partial charge in [-0.15, -0.1) is 0 Å². The lowest BCUT2D eigenvalue weighted by Gasteiger charge is -2.03. The number of rotatable bonds is 19. The minimum atomic E-state index is -0.654. The Labute approximate surface area is 151 Å². The predicted molar refractivity (Wildman–Crippen MR) is 106 cm³/mol. The fourth-order valence-electron chi connectivity index (χ4n) is 3.06. The first-order chi connectivity index (χ1) is 11.8. The number of carboxylic acid groups (broad SMARTS) is 1. The first kappa shape index (κ1) is 23.2. The molecule has 0 radical (unpaired) electrons. The maximum Gasteiger partial charge on any atom is 0.303 e. The van der Waals surface area contributed by atoms with Crippen molar-refractivity contribution in [3.8, 4) is 0 Å². The van der Waals surface area contributed by atoms with Gasteiger partial charge in [0.1, 0.15) is 0 Å². The van der Waals surface area contributed by atoms with Crippen LogP contribution in [-0.4, -0.2) is 11.1 Å². The second kappa shape index (κ2) is 20.3. The van der Waals surface area contributed by atoms with Gasteiger partial charge in [0.2, 0.25) is 0 Å². The first-order valence-corrected chi connectivity index (χ1v) is 10.6. The highest BCUT2D eigenvalue weighted by atomic mass is 16.4. The van der Waals surface area contributed by atoms with Crippen molar-refractivity contribution in [2.45, 2.75) is 122 Å². The molecule has 0 amide bonds. The Morgan fingerprint density at radius 1 is 0.625 bits per heavy atom. The Morgan fingerprint density at radius 2 is 1.00 bits per heavy atom. The van der Waals surface area contributed by atoms with Gasteiger partial charge in [-0.3, -0.25) is 4.79 Å². The molecule has 0 spiro atoms. The van der Waals surface area contributed by atoms with Crippen LogP contribution in [0.25, 0.3) is 0 Å². The zero-order valence-electron chi connectivity index (χ0n) is 16.2. The molecule has 0 saturated carbocycles. The summed E-state index contributed by atoms with van der Waals surface area (Å²) in [6.45, 7) is 2.23. The highest BCUT2D eigenvalue weighted by molar-refractivity contribution is 5.66.